The lowest BCUT2D eigenvalue weighted by Crippen LogP contribution is -2.51. The van der Waals surface area contributed by atoms with Gasteiger partial charge in [-0.3, -0.25) is 4.79 Å². The number of nitrogens with zero attached hydrogens (tertiary/aromatic N) is 1. The number of carbonyl (C=O) groups excluding carboxylic acids is 1. The third-order valence-corrected chi connectivity index (χ3v) is 4.09. The summed E-state index contributed by atoms with van der Waals surface area (Å²) in [5, 5.41) is 0. The number of alkyl halides is 1. The normalized spacial score (nSPS) is 24.1. The van der Waals surface area contributed by atoms with Gasteiger partial charge in [0.2, 0.25) is 0 Å². The Hall–Kier alpha value is -0.330. The molecule has 0 bridgehead atoms. The van der Waals surface area contributed by atoms with Crippen molar-refractivity contribution in [3.63, 3.8) is 0 Å². The Morgan fingerprint density at radius 3 is 2.78 bits per heavy atom. The number of carbonyl (C=O) groups is 1. The summed E-state index contributed by atoms with van der Waals surface area (Å²) in [4.78, 5) is 14.3. The molecule has 1 aromatic carbocycles. The molecule has 3 nitrogen and oxygen atoms in total. The Morgan fingerprint density at radius 1 is 1.50 bits per heavy atom. The average molecular weight is 380 g/mol. The van der Waals surface area contributed by atoms with Gasteiger partial charge in [0, 0.05) is 15.7 Å². The number of benzene rings is 1. The van der Waals surface area contributed by atoms with Gasteiger partial charge in [-0.2, -0.15) is 0 Å². The molecule has 1 saturated heterocycles. The Kier molecular flexibility index (Phi) is 4.86. The zero-order chi connectivity index (χ0) is 13.1. The summed E-state index contributed by atoms with van der Waals surface area (Å²) in [6.45, 7) is 3.11. The fourth-order valence-electron chi connectivity index (χ4n) is 1.95. The van der Waals surface area contributed by atoms with Crippen molar-refractivity contribution in [2.45, 2.75) is 19.1 Å². The van der Waals surface area contributed by atoms with Crippen molar-refractivity contribution in [3.8, 4) is 0 Å². The van der Waals surface area contributed by atoms with Gasteiger partial charge in [-0.15, -0.1) is 11.6 Å². The quantitative estimate of drug-likeness (QED) is 0.584. The molecule has 1 aliphatic rings. The Balaban J connectivity index is 2.13. The number of halogens is 2. The van der Waals surface area contributed by atoms with Gasteiger partial charge >= 0.3 is 0 Å². The first-order valence-corrected chi connectivity index (χ1v) is 7.47. The molecular weight excluding hydrogens is 365 g/mol. The molecule has 98 valence electrons. The van der Waals surface area contributed by atoms with Gasteiger partial charge < -0.3 is 9.64 Å². The second kappa shape index (κ2) is 6.21. The topological polar surface area (TPSA) is 29.5 Å². The molecule has 0 radical (unpaired) electrons. The molecule has 5 heteroatoms. The highest BCUT2D eigenvalue weighted by Crippen LogP contribution is 2.17. The number of amides is 1. The van der Waals surface area contributed by atoms with Gasteiger partial charge in [0.15, 0.2) is 0 Å². The van der Waals surface area contributed by atoms with E-state index in [-0.39, 0.29) is 18.1 Å². The SMILES string of the molecule is CC1COC(CCl)CN1C(=O)c1ccc(I)cc1. The maximum Gasteiger partial charge on any atom is 0.254 e. The summed E-state index contributed by atoms with van der Waals surface area (Å²) in [5.41, 5.74) is 0.720. The van der Waals surface area contributed by atoms with Gasteiger partial charge in [0.05, 0.1) is 24.6 Å². The lowest BCUT2D eigenvalue weighted by Gasteiger charge is -2.37. The van der Waals surface area contributed by atoms with Crippen molar-refractivity contribution in [1.82, 2.24) is 4.90 Å². The molecule has 2 rings (SSSR count). The van der Waals surface area contributed by atoms with E-state index in [1.807, 2.05) is 36.1 Å². The molecule has 1 amide bonds. The Labute approximate surface area is 126 Å². The van der Waals surface area contributed by atoms with Crippen LogP contribution < -0.4 is 0 Å². The van der Waals surface area contributed by atoms with E-state index in [2.05, 4.69) is 22.6 Å². The third kappa shape index (κ3) is 3.16. The minimum absolute atomic E-state index is 0.0531. The number of morpholine rings is 1. The largest absolute Gasteiger partial charge is 0.373 e. The van der Waals surface area contributed by atoms with Crippen LogP contribution in [0.5, 0.6) is 0 Å². The van der Waals surface area contributed by atoms with Crippen LogP contribution in [0.1, 0.15) is 17.3 Å². The minimum atomic E-state index is -0.0596. The minimum Gasteiger partial charge on any atom is -0.373 e. The van der Waals surface area contributed by atoms with E-state index in [0.29, 0.717) is 19.0 Å². The van der Waals surface area contributed by atoms with Crippen LogP contribution in [-0.2, 0) is 4.74 Å². The highest BCUT2D eigenvalue weighted by Gasteiger charge is 2.29. The standard InChI is InChI=1S/C13H15ClINO2/c1-9-8-18-12(6-14)7-16(9)13(17)10-2-4-11(15)5-3-10/h2-5,9,12H,6-8H2,1H3. The van der Waals surface area contributed by atoms with Crippen molar-refractivity contribution in [3.05, 3.63) is 33.4 Å². The smallest absolute Gasteiger partial charge is 0.254 e. The molecule has 1 aromatic rings. The molecule has 1 fully saturated rings. The molecule has 0 N–H and O–H groups in total. The summed E-state index contributed by atoms with van der Waals surface area (Å²) < 4.78 is 6.67. The van der Waals surface area contributed by atoms with E-state index in [9.17, 15) is 4.79 Å². The Bertz CT molecular complexity index is 424. The summed E-state index contributed by atoms with van der Waals surface area (Å²) in [5.74, 6) is 0.473. The number of hydrogen-bond donors (Lipinski definition) is 0. The molecule has 2 unspecified atom stereocenters. The van der Waals surface area contributed by atoms with E-state index in [1.54, 1.807) is 0 Å². The molecule has 0 spiro atoms. The molecule has 1 heterocycles. The fourth-order valence-corrected chi connectivity index (χ4v) is 2.50. The number of rotatable bonds is 2. The van der Waals surface area contributed by atoms with E-state index >= 15 is 0 Å². The van der Waals surface area contributed by atoms with Crippen molar-refractivity contribution in [1.29, 1.82) is 0 Å². The first-order valence-electron chi connectivity index (χ1n) is 5.86. The molecule has 0 saturated carbocycles. The lowest BCUT2D eigenvalue weighted by molar-refractivity contribution is -0.0371. The molecule has 2 atom stereocenters. The molecule has 1 aliphatic heterocycles. The maximum absolute atomic E-state index is 12.4. The predicted octanol–water partition coefficient (Wildman–Crippen LogP) is 2.76. The highest BCUT2D eigenvalue weighted by atomic mass is 127. The van der Waals surface area contributed by atoms with Crippen molar-refractivity contribution in [2.75, 3.05) is 19.0 Å². The fraction of sp³-hybridized carbons (Fsp3) is 0.462. The van der Waals surface area contributed by atoms with Crippen LogP contribution in [0, 0.1) is 3.57 Å². The van der Waals surface area contributed by atoms with E-state index in [0.717, 1.165) is 9.13 Å². The predicted molar refractivity (Wildman–Crippen MR) is 80.1 cm³/mol. The van der Waals surface area contributed by atoms with Crippen molar-refractivity contribution < 1.29 is 9.53 Å². The van der Waals surface area contributed by atoms with E-state index < -0.39 is 0 Å². The second-order valence-electron chi connectivity index (χ2n) is 4.42. The molecule has 0 aromatic heterocycles. The maximum atomic E-state index is 12.4. The average Bonchev–Trinajstić information content (AvgIpc) is 2.39. The first kappa shape index (κ1) is 14.1. The van der Waals surface area contributed by atoms with Gasteiger partial charge in [-0.1, -0.05) is 0 Å². The highest BCUT2D eigenvalue weighted by molar-refractivity contribution is 14.1. The van der Waals surface area contributed by atoms with Gasteiger partial charge in [0.25, 0.3) is 5.91 Å². The second-order valence-corrected chi connectivity index (χ2v) is 5.98. The van der Waals surface area contributed by atoms with Gasteiger partial charge in [-0.25, -0.2) is 0 Å². The van der Waals surface area contributed by atoms with E-state index in [4.69, 9.17) is 16.3 Å². The third-order valence-electron chi connectivity index (χ3n) is 3.03. The van der Waals surface area contributed by atoms with Crippen molar-refractivity contribution >= 4 is 40.1 Å². The molecule has 0 aliphatic carbocycles. The number of ether oxygens (including phenoxy) is 1. The van der Waals surface area contributed by atoms with Crippen LogP contribution in [0.15, 0.2) is 24.3 Å². The summed E-state index contributed by atoms with van der Waals surface area (Å²) in [7, 11) is 0. The zero-order valence-corrected chi connectivity index (χ0v) is 13.0. The summed E-state index contributed by atoms with van der Waals surface area (Å²) in [6, 6.07) is 7.70. The van der Waals surface area contributed by atoms with Crippen LogP contribution in [0.3, 0.4) is 0 Å². The first-order chi connectivity index (χ1) is 8.61. The molecule has 18 heavy (non-hydrogen) atoms. The number of hydrogen-bond acceptors (Lipinski definition) is 2. The van der Waals surface area contributed by atoms with Crippen LogP contribution >= 0.6 is 34.2 Å². The Morgan fingerprint density at radius 2 is 2.17 bits per heavy atom. The lowest BCUT2D eigenvalue weighted by atomic mass is 10.1. The summed E-state index contributed by atoms with van der Waals surface area (Å²) in [6.07, 6.45) is -0.0596. The van der Waals surface area contributed by atoms with Crippen LogP contribution in [0.2, 0.25) is 0 Å². The van der Waals surface area contributed by atoms with Crippen LogP contribution in [0.25, 0.3) is 0 Å². The van der Waals surface area contributed by atoms with E-state index in [1.165, 1.54) is 0 Å². The van der Waals surface area contributed by atoms with Crippen LogP contribution in [-0.4, -0.2) is 42.0 Å². The van der Waals surface area contributed by atoms with Gasteiger partial charge in [-0.05, 0) is 53.8 Å². The zero-order valence-electron chi connectivity index (χ0n) is 10.1. The summed E-state index contributed by atoms with van der Waals surface area (Å²) >= 11 is 8.03. The van der Waals surface area contributed by atoms with Crippen LogP contribution in [0.4, 0.5) is 0 Å². The van der Waals surface area contributed by atoms with Gasteiger partial charge in [0.1, 0.15) is 0 Å². The monoisotopic (exact) mass is 379 g/mol. The molecular formula is C13H15ClINO2. The van der Waals surface area contributed by atoms with Crippen molar-refractivity contribution in [2.24, 2.45) is 0 Å².